The number of carbonyl (C=O) groups is 2. The number of carbonyl (C=O) groups excluding carboxylic acids is 2. The molecule has 1 heterocycles. The van der Waals surface area contributed by atoms with Crippen LogP contribution in [0.2, 0.25) is 0 Å². The van der Waals surface area contributed by atoms with Gasteiger partial charge in [0.25, 0.3) is 0 Å². The summed E-state index contributed by atoms with van der Waals surface area (Å²) in [6.07, 6.45) is 0.861. The molecule has 1 aliphatic heterocycles. The Hall–Kier alpha value is -2.54. The molecule has 2 amide bonds. The van der Waals surface area contributed by atoms with E-state index < -0.39 is 6.04 Å². The minimum absolute atomic E-state index is 0.0732. The lowest BCUT2D eigenvalue weighted by atomic mass is 10.1. The first-order valence-electron chi connectivity index (χ1n) is 9.62. The van der Waals surface area contributed by atoms with E-state index in [0.29, 0.717) is 38.3 Å². The normalized spacial score (nSPS) is 13.5. The highest BCUT2D eigenvalue weighted by Crippen LogP contribution is 2.31. The van der Waals surface area contributed by atoms with E-state index in [1.165, 1.54) is 0 Å². The fourth-order valence-electron chi connectivity index (χ4n) is 3.26. The van der Waals surface area contributed by atoms with Crippen molar-refractivity contribution in [1.82, 2.24) is 10.2 Å². The van der Waals surface area contributed by atoms with Gasteiger partial charge in [-0.15, -0.1) is 0 Å². The smallest absolute Gasteiger partial charge is 0.242 e. The van der Waals surface area contributed by atoms with Crippen molar-refractivity contribution in [3.05, 3.63) is 58.1 Å². The van der Waals surface area contributed by atoms with Gasteiger partial charge in [0.2, 0.25) is 11.8 Å². The van der Waals surface area contributed by atoms with Gasteiger partial charge >= 0.3 is 0 Å². The van der Waals surface area contributed by atoms with Crippen molar-refractivity contribution in [3.63, 3.8) is 0 Å². The van der Waals surface area contributed by atoms with Crippen molar-refractivity contribution >= 4 is 27.7 Å². The van der Waals surface area contributed by atoms with E-state index >= 15 is 0 Å². The van der Waals surface area contributed by atoms with Crippen LogP contribution in [0.5, 0.6) is 11.5 Å². The molecular formula is C22H25BrN2O4. The molecule has 0 unspecified atom stereocenters. The number of fused-ring (bicyclic) bond motifs is 1. The van der Waals surface area contributed by atoms with Crippen molar-refractivity contribution in [1.29, 1.82) is 0 Å². The summed E-state index contributed by atoms with van der Waals surface area (Å²) in [5, 5.41) is 2.63. The van der Waals surface area contributed by atoms with E-state index in [1.54, 1.807) is 18.9 Å². The van der Waals surface area contributed by atoms with Gasteiger partial charge in [-0.1, -0.05) is 34.1 Å². The molecule has 0 bridgehead atoms. The van der Waals surface area contributed by atoms with Gasteiger partial charge in [-0.05, 0) is 48.7 Å². The second-order valence-corrected chi connectivity index (χ2v) is 7.84. The number of halogens is 1. The maximum absolute atomic E-state index is 13.0. The summed E-state index contributed by atoms with van der Waals surface area (Å²) in [6, 6.07) is 12.9. The summed E-state index contributed by atoms with van der Waals surface area (Å²) in [5.41, 5.74) is 1.96. The van der Waals surface area contributed by atoms with E-state index in [4.69, 9.17) is 9.47 Å². The number of hydrogen-bond donors (Lipinski definition) is 1. The summed E-state index contributed by atoms with van der Waals surface area (Å²) in [4.78, 5) is 26.9. The summed E-state index contributed by atoms with van der Waals surface area (Å²) in [7, 11) is 1.58. The SMILES string of the molecule is CNC(=O)[C@H](C)N(Cc1cccc(Br)c1)C(=O)CCc1ccc2c(c1)OCCO2. The highest BCUT2D eigenvalue weighted by Gasteiger charge is 2.25. The summed E-state index contributed by atoms with van der Waals surface area (Å²) in [6.45, 7) is 3.19. The standard InChI is InChI=1S/C22H25BrN2O4/c1-15(22(27)24-2)25(14-17-4-3-5-18(23)12-17)21(26)9-7-16-6-8-19-20(13-16)29-11-10-28-19/h3-6,8,12-13,15H,7,9-11,14H2,1-2H3,(H,24,27)/t15-/m0/s1. The van der Waals surface area contributed by atoms with Crippen molar-refractivity contribution in [2.24, 2.45) is 0 Å². The predicted molar refractivity (Wildman–Crippen MR) is 114 cm³/mol. The molecular weight excluding hydrogens is 436 g/mol. The third-order valence-electron chi connectivity index (χ3n) is 4.89. The molecule has 0 fully saturated rings. The number of nitrogens with zero attached hydrogens (tertiary/aromatic N) is 1. The molecule has 2 aromatic rings. The monoisotopic (exact) mass is 460 g/mol. The molecule has 154 valence electrons. The molecule has 1 N–H and O–H groups in total. The average Bonchev–Trinajstić information content (AvgIpc) is 2.74. The Labute approximate surface area is 179 Å². The second-order valence-electron chi connectivity index (χ2n) is 6.92. The van der Waals surface area contributed by atoms with Gasteiger partial charge in [0.1, 0.15) is 19.3 Å². The van der Waals surface area contributed by atoms with Gasteiger partial charge in [-0.2, -0.15) is 0 Å². The molecule has 6 nitrogen and oxygen atoms in total. The molecule has 0 saturated heterocycles. The summed E-state index contributed by atoms with van der Waals surface area (Å²) in [5.74, 6) is 1.19. The van der Waals surface area contributed by atoms with Gasteiger partial charge in [-0.25, -0.2) is 0 Å². The number of ether oxygens (including phenoxy) is 2. The van der Waals surface area contributed by atoms with E-state index in [1.807, 2.05) is 42.5 Å². The van der Waals surface area contributed by atoms with Crippen LogP contribution in [0.25, 0.3) is 0 Å². The lowest BCUT2D eigenvalue weighted by Crippen LogP contribution is -2.46. The minimum Gasteiger partial charge on any atom is -0.486 e. The maximum Gasteiger partial charge on any atom is 0.242 e. The lowest BCUT2D eigenvalue weighted by molar-refractivity contribution is -0.140. The van der Waals surface area contributed by atoms with Gasteiger partial charge in [0.15, 0.2) is 11.5 Å². The summed E-state index contributed by atoms with van der Waals surface area (Å²) >= 11 is 3.46. The van der Waals surface area contributed by atoms with Crippen LogP contribution in [-0.4, -0.2) is 43.0 Å². The zero-order chi connectivity index (χ0) is 20.8. The highest BCUT2D eigenvalue weighted by atomic mass is 79.9. The van der Waals surface area contributed by atoms with Gasteiger partial charge in [0, 0.05) is 24.5 Å². The van der Waals surface area contributed by atoms with Crippen LogP contribution in [0.1, 0.15) is 24.5 Å². The number of nitrogens with one attached hydrogen (secondary N) is 1. The van der Waals surface area contributed by atoms with Crippen LogP contribution in [0, 0.1) is 0 Å². The molecule has 3 rings (SSSR count). The van der Waals surface area contributed by atoms with Gasteiger partial charge < -0.3 is 19.7 Å². The second kappa shape index (κ2) is 9.78. The molecule has 0 saturated carbocycles. The summed E-state index contributed by atoms with van der Waals surface area (Å²) < 4.78 is 12.1. The van der Waals surface area contributed by atoms with E-state index in [2.05, 4.69) is 21.2 Å². The number of aryl methyl sites for hydroxylation is 1. The number of rotatable bonds is 7. The maximum atomic E-state index is 13.0. The van der Waals surface area contributed by atoms with Crippen molar-refractivity contribution in [2.75, 3.05) is 20.3 Å². The Bertz CT molecular complexity index is 887. The molecule has 0 aromatic heterocycles. The number of hydrogen-bond acceptors (Lipinski definition) is 4. The zero-order valence-corrected chi connectivity index (χ0v) is 18.2. The Morgan fingerprint density at radius 2 is 1.86 bits per heavy atom. The van der Waals surface area contributed by atoms with E-state index in [9.17, 15) is 9.59 Å². The number of benzene rings is 2. The quantitative estimate of drug-likeness (QED) is 0.687. The van der Waals surface area contributed by atoms with Crippen LogP contribution < -0.4 is 14.8 Å². The molecule has 29 heavy (non-hydrogen) atoms. The molecule has 1 aliphatic rings. The van der Waals surface area contributed by atoms with Crippen molar-refractivity contribution in [3.8, 4) is 11.5 Å². The highest BCUT2D eigenvalue weighted by molar-refractivity contribution is 9.10. The molecule has 1 atom stereocenters. The van der Waals surface area contributed by atoms with Crippen molar-refractivity contribution in [2.45, 2.75) is 32.4 Å². The van der Waals surface area contributed by atoms with Gasteiger partial charge in [-0.3, -0.25) is 9.59 Å². The first-order valence-corrected chi connectivity index (χ1v) is 10.4. The molecule has 0 aliphatic carbocycles. The predicted octanol–water partition coefficient (Wildman–Crippen LogP) is 3.32. The third-order valence-corrected chi connectivity index (χ3v) is 5.38. The average molecular weight is 461 g/mol. The number of amides is 2. The first kappa shape index (κ1) is 21.2. The largest absolute Gasteiger partial charge is 0.486 e. The van der Waals surface area contributed by atoms with E-state index in [-0.39, 0.29) is 11.8 Å². The van der Waals surface area contributed by atoms with Crippen LogP contribution in [-0.2, 0) is 22.6 Å². The third kappa shape index (κ3) is 5.50. The minimum atomic E-state index is -0.563. The zero-order valence-electron chi connectivity index (χ0n) is 16.6. The molecule has 0 radical (unpaired) electrons. The lowest BCUT2D eigenvalue weighted by Gasteiger charge is -2.28. The van der Waals surface area contributed by atoms with E-state index in [0.717, 1.165) is 21.3 Å². The van der Waals surface area contributed by atoms with Crippen LogP contribution >= 0.6 is 15.9 Å². The fourth-order valence-corrected chi connectivity index (χ4v) is 3.71. The van der Waals surface area contributed by atoms with Crippen LogP contribution in [0.4, 0.5) is 0 Å². The first-order chi connectivity index (χ1) is 14.0. The molecule has 7 heteroatoms. The van der Waals surface area contributed by atoms with Crippen LogP contribution in [0.15, 0.2) is 46.9 Å². The Morgan fingerprint density at radius 3 is 2.59 bits per heavy atom. The fraction of sp³-hybridized carbons (Fsp3) is 0.364. The Morgan fingerprint density at radius 1 is 1.10 bits per heavy atom. The molecule has 0 spiro atoms. The Kier molecular flexibility index (Phi) is 7.14. The van der Waals surface area contributed by atoms with Crippen molar-refractivity contribution < 1.29 is 19.1 Å². The molecule has 2 aromatic carbocycles. The van der Waals surface area contributed by atoms with Crippen LogP contribution in [0.3, 0.4) is 0 Å². The topological polar surface area (TPSA) is 67.9 Å². The Balaban J connectivity index is 1.71. The van der Waals surface area contributed by atoms with Gasteiger partial charge in [0.05, 0.1) is 0 Å². The number of likely N-dealkylation sites (N-methyl/N-ethyl adjacent to an activating group) is 1.